The van der Waals surface area contributed by atoms with Crippen molar-refractivity contribution < 1.29 is 9.52 Å². The van der Waals surface area contributed by atoms with Gasteiger partial charge in [0.25, 0.3) is 0 Å². The first-order chi connectivity index (χ1) is 4.75. The zero-order valence-corrected chi connectivity index (χ0v) is 5.45. The second-order valence-electron chi connectivity index (χ2n) is 1.97. The molecular weight excluding hydrogens is 130 g/mol. The molecule has 0 aliphatic rings. The molecule has 1 atom stereocenters. The van der Waals surface area contributed by atoms with Crippen LogP contribution >= 0.6 is 0 Å². The number of hydrogen-bond acceptors (Lipinski definition) is 3. The van der Waals surface area contributed by atoms with Gasteiger partial charge < -0.3 is 15.3 Å². The van der Waals surface area contributed by atoms with E-state index in [2.05, 4.69) is 6.58 Å². The van der Waals surface area contributed by atoms with Crippen molar-refractivity contribution in [2.75, 3.05) is 0 Å². The lowest BCUT2D eigenvalue weighted by Gasteiger charge is -2.00. The Morgan fingerprint density at radius 1 is 1.70 bits per heavy atom. The van der Waals surface area contributed by atoms with Crippen LogP contribution in [0.1, 0.15) is 11.6 Å². The van der Waals surface area contributed by atoms with Gasteiger partial charge in [-0.1, -0.05) is 6.08 Å². The Hall–Kier alpha value is -1.22. The molecule has 0 saturated heterocycles. The molecule has 0 saturated carbocycles. The second kappa shape index (κ2) is 2.58. The third-order valence-electron chi connectivity index (χ3n) is 1.28. The van der Waals surface area contributed by atoms with Gasteiger partial charge in [-0.15, -0.1) is 6.58 Å². The number of aromatic hydroxyl groups is 1. The van der Waals surface area contributed by atoms with E-state index >= 15 is 0 Å². The van der Waals surface area contributed by atoms with Crippen molar-refractivity contribution in [2.45, 2.75) is 6.04 Å². The van der Waals surface area contributed by atoms with E-state index in [1.165, 1.54) is 18.6 Å². The van der Waals surface area contributed by atoms with Gasteiger partial charge in [0, 0.05) is 0 Å². The molecule has 0 spiro atoms. The average molecular weight is 139 g/mol. The maximum absolute atomic E-state index is 9.03. The summed E-state index contributed by atoms with van der Waals surface area (Å²) in [6.07, 6.45) is 4.17. The first kappa shape index (κ1) is 6.89. The molecule has 0 radical (unpaired) electrons. The Balaban J connectivity index is 2.92. The molecule has 1 unspecified atom stereocenters. The van der Waals surface area contributed by atoms with E-state index in [1.54, 1.807) is 0 Å². The quantitative estimate of drug-likeness (QED) is 0.604. The maximum Gasteiger partial charge on any atom is 0.158 e. The van der Waals surface area contributed by atoms with Gasteiger partial charge in [0.2, 0.25) is 0 Å². The highest BCUT2D eigenvalue weighted by Crippen LogP contribution is 2.23. The summed E-state index contributed by atoms with van der Waals surface area (Å²) in [7, 11) is 0. The Labute approximate surface area is 58.8 Å². The molecule has 1 aromatic rings. The van der Waals surface area contributed by atoms with E-state index in [0.29, 0.717) is 5.56 Å². The smallest absolute Gasteiger partial charge is 0.158 e. The van der Waals surface area contributed by atoms with Crippen LogP contribution < -0.4 is 5.73 Å². The third kappa shape index (κ3) is 1.04. The van der Waals surface area contributed by atoms with Crippen LogP contribution in [0.5, 0.6) is 5.75 Å². The van der Waals surface area contributed by atoms with Crippen molar-refractivity contribution in [3.05, 3.63) is 30.7 Å². The van der Waals surface area contributed by atoms with Crippen LogP contribution in [-0.2, 0) is 0 Å². The van der Waals surface area contributed by atoms with Crippen molar-refractivity contribution >= 4 is 0 Å². The van der Waals surface area contributed by atoms with Crippen molar-refractivity contribution in [3.8, 4) is 5.75 Å². The molecule has 0 aromatic carbocycles. The van der Waals surface area contributed by atoms with E-state index in [4.69, 9.17) is 15.3 Å². The summed E-state index contributed by atoms with van der Waals surface area (Å²) in [6, 6.07) is -0.348. The summed E-state index contributed by atoms with van der Waals surface area (Å²) in [5.74, 6) is 0.0763. The number of rotatable bonds is 2. The minimum Gasteiger partial charge on any atom is -0.504 e. The summed E-state index contributed by atoms with van der Waals surface area (Å²) >= 11 is 0. The molecule has 1 rings (SSSR count). The van der Waals surface area contributed by atoms with E-state index < -0.39 is 0 Å². The molecular formula is C7H9NO2. The highest BCUT2D eigenvalue weighted by molar-refractivity contribution is 5.31. The van der Waals surface area contributed by atoms with Gasteiger partial charge in [-0.3, -0.25) is 0 Å². The van der Waals surface area contributed by atoms with Crippen LogP contribution in [0.4, 0.5) is 0 Å². The van der Waals surface area contributed by atoms with Crippen molar-refractivity contribution in [2.24, 2.45) is 5.73 Å². The van der Waals surface area contributed by atoms with Crippen LogP contribution in [0.2, 0.25) is 0 Å². The molecule has 1 heterocycles. The summed E-state index contributed by atoms with van der Waals surface area (Å²) in [5, 5.41) is 9.03. The zero-order chi connectivity index (χ0) is 7.56. The summed E-state index contributed by atoms with van der Waals surface area (Å²) < 4.78 is 4.69. The lowest BCUT2D eigenvalue weighted by atomic mass is 10.1. The van der Waals surface area contributed by atoms with Crippen LogP contribution in [0.25, 0.3) is 0 Å². The molecule has 3 nitrogen and oxygen atoms in total. The lowest BCUT2D eigenvalue weighted by molar-refractivity contribution is 0.454. The van der Waals surface area contributed by atoms with Crippen molar-refractivity contribution in [3.63, 3.8) is 0 Å². The molecule has 1 aromatic heterocycles. The first-order valence-corrected chi connectivity index (χ1v) is 2.89. The molecule has 0 bridgehead atoms. The topological polar surface area (TPSA) is 59.4 Å². The molecule has 54 valence electrons. The standard InChI is InChI=1S/C7H9NO2/c1-2-6(8)5-3-10-4-7(5)9/h2-4,6,9H,1,8H2. The van der Waals surface area contributed by atoms with Crippen molar-refractivity contribution in [1.29, 1.82) is 0 Å². The fourth-order valence-corrected chi connectivity index (χ4v) is 0.676. The number of nitrogens with two attached hydrogens (primary N) is 1. The van der Waals surface area contributed by atoms with Crippen LogP contribution in [0.3, 0.4) is 0 Å². The predicted molar refractivity (Wildman–Crippen MR) is 37.5 cm³/mol. The van der Waals surface area contributed by atoms with Gasteiger partial charge >= 0.3 is 0 Å². The molecule has 0 aliphatic heterocycles. The zero-order valence-electron chi connectivity index (χ0n) is 5.45. The van der Waals surface area contributed by atoms with E-state index in [9.17, 15) is 0 Å². The summed E-state index contributed by atoms with van der Waals surface area (Å²) in [4.78, 5) is 0. The molecule has 0 aliphatic carbocycles. The van der Waals surface area contributed by atoms with Gasteiger partial charge in [0.1, 0.15) is 6.26 Å². The Morgan fingerprint density at radius 3 is 2.80 bits per heavy atom. The molecule has 10 heavy (non-hydrogen) atoms. The molecule has 0 amide bonds. The van der Waals surface area contributed by atoms with Gasteiger partial charge in [-0.25, -0.2) is 0 Å². The average Bonchev–Trinajstić information content (AvgIpc) is 2.34. The number of hydrogen-bond donors (Lipinski definition) is 2. The lowest BCUT2D eigenvalue weighted by Crippen LogP contribution is -2.04. The van der Waals surface area contributed by atoms with E-state index in [1.807, 2.05) is 0 Å². The highest BCUT2D eigenvalue weighted by Gasteiger charge is 2.08. The van der Waals surface area contributed by atoms with Gasteiger partial charge in [-0.05, 0) is 0 Å². The fraction of sp³-hybridized carbons (Fsp3) is 0.143. The summed E-state index contributed by atoms with van der Waals surface area (Å²) in [6.45, 7) is 3.48. The minimum absolute atomic E-state index is 0.0763. The minimum atomic E-state index is -0.348. The molecule has 3 heteroatoms. The second-order valence-corrected chi connectivity index (χ2v) is 1.97. The number of furan rings is 1. The fourth-order valence-electron chi connectivity index (χ4n) is 0.676. The van der Waals surface area contributed by atoms with E-state index in [-0.39, 0.29) is 11.8 Å². The normalized spacial score (nSPS) is 12.9. The van der Waals surface area contributed by atoms with Gasteiger partial charge in [0.15, 0.2) is 5.75 Å². The largest absolute Gasteiger partial charge is 0.504 e. The van der Waals surface area contributed by atoms with Crippen molar-refractivity contribution in [1.82, 2.24) is 0 Å². The highest BCUT2D eigenvalue weighted by atomic mass is 16.3. The van der Waals surface area contributed by atoms with E-state index in [0.717, 1.165) is 0 Å². The third-order valence-corrected chi connectivity index (χ3v) is 1.28. The van der Waals surface area contributed by atoms with Crippen LogP contribution in [-0.4, -0.2) is 5.11 Å². The monoisotopic (exact) mass is 139 g/mol. The maximum atomic E-state index is 9.03. The summed E-state index contributed by atoms with van der Waals surface area (Å²) in [5.41, 5.74) is 6.07. The SMILES string of the molecule is C=CC(N)c1cocc1O. The Morgan fingerprint density at radius 2 is 2.40 bits per heavy atom. The Bertz CT molecular complexity index is 229. The van der Waals surface area contributed by atoms with Gasteiger partial charge in [-0.2, -0.15) is 0 Å². The first-order valence-electron chi connectivity index (χ1n) is 2.89. The van der Waals surface area contributed by atoms with Crippen LogP contribution in [0.15, 0.2) is 29.6 Å². The predicted octanol–water partition coefficient (Wildman–Crippen LogP) is 1.17. The van der Waals surface area contributed by atoms with Gasteiger partial charge in [0.05, 0.1) is 17.9 Å². The Kier molecular flexibility index (Phi) is 1.78. The molecule has 0 fully saturated rings. The van der Waals surface area contributed by atoms with Crippen LogP contribution in [0, 0.1) is 0 Å². The molecule has 3 N–H and O–H groups in total.